The van der Waals surface area contributed by atoms with Crippen LogP contribution in [0.4, 0.5) is 5.69 Å². The molecular formula is C62H93N. The van der Waals surface area contributed by atoms with E-state index in [4.69, 9.17) is 6.42 Å². The molecular weight excluding hydrogens is 759 g/mol. The lowest BCUT2D eigenvalue weighted by atomic mass is 9.91. The fourth-order valence-electron chi connectivity index (χ4n) is 5.22. The summed E-state index contributed by atoms with van der Waals surface area (Å²) in [7, 11) is 0. The van der Waals surface area contributed by atoms with Gasteiger partial charge in [-0.25, -0.2) is 0 Å². The third-order valence-electron chi connectivity index (χ3n) is 7.96. The lowest BCUT2D eigenvalue weighted by Crippen LogP contribution is -2.02. The highest BCUT2D eigenvalue weighted by molar-refractivity contribution is 5.76. The van der Waals surface area contributed by atoms with Crippen molar-refractivity contribution in [3.05, 3.63) is 187 Å². The fourth-order valence-corrected chi connectivity index (χ4v) is 5.22. The molecule has 0 aliphatic rings. The lowest BCUT2D eigenvalue weighted by molar-refractivity contribution is 0.420. The number of allylic oxidation sites excluding steroid dienone is 5. The molecule has 1 heteroatoms. The summed E-state index contributed by atoms with van der Waals surface area (Å²) in [5.41, 5.74) is 14.6. The summed E-state index contributed by atoms with van der Waals surface area (Å²) in [6.45, 7) is 55.6. The fraction of sp³-hybridized carbons (Fsp3) is 0.355. The lowest BCUT2D eigenvalue weighted by Gasteiger charge is -2.15. The molecule has 0 saturated carbocycles. The largest absolute Gasteiger partial charge is 0.359 e. The summed E-state index contributed by atoms with van der Waals surface area (Å²) >= 11 is 0. The standard InChI is InChI=1S/C35H39N.C9H10.C4H10.4C2H6.2C2H4.C2H2/c1-9-11-30(12-10-21-35(6,7)8)31-15-13-29(14-16-31)24-28(5)36-33-19-17-32(18-20-33)34-26(3)22-25(2)23-27(34)4;1-3-9-6-4-8(2)5-7-9;1-3-4-2;7*1-2/h1,10-20,22-23,36H,5,21,24H2,2-4,6-8H3;3-7H,1H2,2H3;3-4H2,1-2H3;4*1-2H3;2*1-2H2;1-2H/b12-10-,30-11+;;;;;;;;;. The number of nitrogens with one attached hydrogen (secondary N) is 1. The Hall–Kier alpha value is -5.76. The molecule has 0 aliphatic heterocycles. The van der Waals surface area contributed by atoms with Crippen molar-refractivity contribution in [2.75, 3.05) is 5.32 Å². The van der Waals surface area contributed by atoms with Crippen molar-refractivity contribution in [1.29, 1.82) is 0 Å². The summed E-state index contributed by atoms with van der Waals surface area (Å²) < 4.78 is 0. The summed E-state index contributed by atoms with van der Waals surface area (Å²) in [4.78, 5) is 0. The summed E-state index contributed by atoms with van der Waals surface area (Å²) in [6, 6.07) is 30.0. The van der Waals surface area contributed by atoms with Gasteiger partial charge in [-0.05, 0) is 102 Å². The monoisotopic (exact) mass is 852 g/mol. The third kappa shape index (κ3) is 34.5. The van der Waals surface area contributed by atoms with E-state index in [1.807, 2.05) is 67.5 Å². The molecule has 4 rings (SSSR count). The predicted octanol–water partition coefficient (Wildman–Crippen LogP) is 19.9. The van der Waals surface area contributed by atoms with E-state index in [1.165, 1.54) is 57.3 Å². The molecule has 0 fully saturated rings. The first-order valence-corrected chi connectivity index (χ1v) is 22.9. The van der Waals surface area contributed by atoms with Gasteiger partial charge in [-0.15, -0.1) is 45.6 Å². The van der Waals surface area contributed by atoms with Crippen LogP contribution in [0.3, 0.4) is 0 Å². The van der Waals surface area contributed by atoms with Crippen LogP contribution in [-0.4, -0.2) is 0 Å². The van der Waals surface area contributed by atoms with Crippen LogP contribution in [0.5, 0.6) is 0 Å². The zero-order valence-corrected chi connectivity index (χ0v) is 43.7. The van der Waals surface area contributed by atoms with Crippen molar-refractivity contribution in [2.45, 2.75) is 143 Å². The van der Waals surface area contributed by atoms with Gasteiger partial charge in [0.25, 0.3) is 0 Å². The van der Waals surface area contributed by atoms with Gasteiger partial charge in [0.2, 0.25) is 0 Å². The van der Waals surface area contributed by atoms with Crippen LogP contribution in [0.25, 0.3) is 22.8 Å². The number of unbranched alkanes of at least 4 members (excludes halogenated alkanes) is 1. The first-order valence-electron chi connectivity index (χ1n) is 22.9. The molecule has 4 aromatic rings. The smallest absolute Gasteiger partial charge is 0.0382 e. The van der Waals surface area contributed by atoms with E-state index >= 15 is 0 Å². The molecule has 0 heterocycles. The van der Waals surface area contributed by atoms with Gasteiger partial charge in [0, 0.05) is 17.8 Å². The summed E-state index contributed by atoms with van der Waals surface area (Å²) in [6.07, 6.45) is 26.0. The van der Waals surface area contributed by atoms with E-state index in [-0.39, 0.29) is 5.41 Å². The molecule has 1 nitrogen and oxygen atoms in total. The van der Waals surface area contributed by atoms with Crippen molar-refractivity contribution in [2.24, 2.45) is 5.41 Å². The Morgan fingerprint density at radius 3 is 1.49 bits per heavy atom. The zero-order chi connectivity index (χ0) is 50.4. The zero-order valence-electron chi connectivity index (χ0n) is 43.7. The van der Waals surface area contributed by atoms with E-state index in [2.05, 4.69) is 223 Å². The van der Waals surface area contributed by atoms with Crippen LogP contribution >= 0.6 is 0 Å². The van der Waals surface area contributed by atoms with Crippen LogP contribution in [0.2, 0.25) is 0 Å². The van der Waals surface area contributed by atoms with E-state index < -0.39 is 0 Å². The number of benzene rings is 4. The van der Waals surface area contributed by atoms with Crippen LogP contribution in [0.1, 0.15) is 148 Å². The maximum atomic E-state index is 5.58. The Bertz CT molecular complexity index is 1770. The molecule has 0 atom stereocenters. The number of anilines is 1. The SMILES string of the molecule is C#C.C#C/C=C(\C=C/CC(C)(C)C)c1ccc(CC(=C)Nc2ccc(-c3c(C)cc(C)cc3C)cc2)cc1.C=C.C=C.C=Cc1ccc(C)cc1.CC.CC.CC.CC.CCCC. The van der Waals surface area contributed by atoms with Crippen molar-refractivity contribution in [3.8, 4) is 36.3 Å². The Kier molecular flexibility index (Phi) is 51.8. The highest BCUT2D eigenvalue weighted by atomic mass is 14.9. The van der Waals surface area contributed by atoms with Gasteiger partial charge in [-0.2, -0.15) is 0 Å². The van der Waals surface area contributed by atoms with Crippen molar-refractivity contribution < 1.29 is 0 Å². The van der Waals surface area contributed by atoms with Crippen molar-refractivity contribution >= 4 is 17.3 Å². The van der Waals surface area contributed by atoms with Crippen LogP contribution in [0, 0.1) is 58.3 Å². The molecule has 0 amide bonds. The number of hydrogen-bond donors (Lipinski definition) is 1. The number of terminal acetylenes is 2. The number of aryl methyl sites for hydroxylation is 4. The normalized spacial score (nSPS) is 9.14. The minimum Gasteiger partial charge on any atom is -0.359 e. The van der Waals surface area contributed by atoms with E-state index in [0.717, 1.165) is 35.4 Å². The second-order valence-corrected chi connectivity index (χ2v) is 14.0. The highest BCUT2D eigenvalue weighted by Gasteiger charge is 2.09. The van der Waals surface area contributed by atoms with Gasteiger partial charge in [-0.3, -0.25) is 0 Å². The average Bonchev–Trinajstić information content (AvgIpc) is 3.31. The first-order chi connectivity index (χ1) is 30.3. The van der Waals surface area contributed by atoms with Gasteiger partial charge >= 0.3 is 0 Å². The Labute approximate surface area is 393 Å². The molecule has 0 bridgehead atoms. The van der Waals surface area contributed by atoms with E-state index in [9.17, 15) is 0 Å². The average molecular weight is 852 g/mol. The Morgan fingerprint density at radius 1 is 0.667 bits per heavy atom. The quantitative estimate of drug-likeness (QED) is 0.0952. The van der Waals surface area contributed by atoms with E-state index in [1.54, 1.807) is 0 Å². The molecule has 0 aromatic heterocycles. The van der Waals surface area contributed by atoms with Crippen LogP contribution < -0.4 is 5.32 Å². The van der Waals surface area contributed by atoms with Crippen LogP contribution in [-0.2, 0) is 6.42 Å². The molecule has 346 valence electrons. The van der Waals surface area contributed by atoms with E-state index in [0.29, 0.717) is 0 Å². The minimum atomic E-state index is 0.258. The van der Waals surface area contributed by atoms with Crippen molar-refractivity contribution in [1.82, 2.24) is 0 Å². The molecule has 0 aliphatic carbocycles. The van der Waals surface area contributed by atoms with Gasteiger partial charge in [0.05, 0.1) is 0 Å². The molecule has 1 N–H and O–H groups in total. The van der Waals surface area contributed by atoms with Crippen LogP contribution in [0.15, 0.2) is 148 Å². The van der Waals surface area contributed by atoms with Crippen molar-refractivity contribution in [3.63, 3.8) is 0 Å². The summed E-state index contributed by atoms with van der Waals surface area (Å²) in [5.74, 6) is 2.67. The third-order valence-corrected chi connectivity index (χ3v) is 7.96. The maximum Gasteiger partial charge on any atom is 0.0382 e. The van der Waals surface area contributed by atoms with Gasteiger partial charge in [-0.1, -0.05) is 224 Å². The number of rotatable bonds is 10. The maximum absolute atomic E-state index is 5.58. The molecule has 0 spiro atoms. The molecule has 0 radical (unpaired) electrons. The topological polar surface area (TPSA) is 12.0 Å². The highest BCUT2D eigenvalue weighted by Crippen LogP contribution is 2.30. The number of hydrogen-bond acceptors (Lipinski definition) is 1. The van der Waals surface area contributed by atoms with Gasteiger partial charge in [0.15, 0.2) is 0 Å². The Morgan fingerprint density at radius 2 is 1.11 bits per heavy atom. The minimum absolute atomic E-state index is 0.258. The molecule has 0 saturated heterocycles. The molecule has 0 unspecified atom stereocenters. The predicted molar refractivity (Wildman–Crippen MR) is 299 cm³/mol. The first kappa shape index (κ1) is 69.0. The van der Waals surface area contributed by atoms with Gasteiger partial charge in [0.1, 0.15) is 0 Å². The molecule has 4 aromatic carbocycles. The summed E-state index contributed by atoms with van der Waals surface area (Å²) in [5, 5.41) is 3.46. The molecule has 63 heavy (non-hydrogen) atoms. The van der Waals surface area contributed by atoms with Gasteiger partial charge < -0.3 is 5.32 Å². The Balaban J connectivity index is -0.000000248. The second-order valence-electron chi connectivity index (χ2n) is 14.0. The second kappa shape index (κ2) is 47.3.